The number of carbonyl (C=O) groups excluding carboxylic acids is 1. The lowest BCUT2D eigenvalue weighted by Crippen LogP contribution is -2.24. The highest BCUT2D eigenvalue weighted by molar-refractivity contribution is 5.81. The van der Waals surface area contributed by atoms with Crippen molar-refractivity contribution in [2.75, 3.05) is 26.4 Å². The summed E-state index contributed by atoms with van der Waals surface area (Å²) in [4.78, 5) is 19.9. The Bertz CT molecular complexity index is 803. The standard InChI is InChI=1S/C12H14O4.C9H10O2.C3H4O2/c1-2-12(14)16-9-10(13)8-15-11-6-4-3-5-7-11;1-2-4-8(5-3-1)10-6-9-7-11-9;1-2-3(4)5/h2-7,10,13H,1,8-9H2;1-5,9H,6-7H2;2H,1H2,(H,4,5). The lowest BCUT2D eigenvalue weighted by molar-refractivity contribution is -0.141. The molecule has 1 saturated heterocycles. The summed E-state index contributed by atoms with van der Waals surface area (Å²) in [5, 5.41) is 17.0. The van der Waals surface area contributed by atoms with Gasteiger partial charge < -0.3 is 29.2 Å². The predicted molar refractivity (Wildman–Crippen MR) is 119 cm³/mol. The molecule has 32 heavy (non-hydrogen) atoms. The van der Waals surface area contributed by atoms with E-state index in [1.165, 1.54) is 0 Å². The normalized spacial score (nSPS) is 14.1. The molecule has 8 heteroatoms. The largest absolute Gasteiger partial charge is 0.491 e. The first-order valence-corrected chi connectivity index (χ1v) is 9.74. The van der Waals surface area contributed by atoms with E-state index < -0.39 is 18.0 Å². The van der Waals surface area contributed by atoms with Crippen LogP contribution in [0.1, 0.15) is 0 Å². The van der Waals surface area contributed by atoms with Gasteiger partial charge in [0.2, 0.25) is 0 Å². The molecule has 1 aliphatic rings. The van der Waals surface area contributed by atoms with Gasteiger partial charge in [0, 0.05) is 12.2 Å². The third-order valence-corrected chi connectivity index (χ3v) is 3.53. The molecule has 8 nitrogen and oxygen atoms in total. The number of rotatable bonds is 10. The van der Waals surface area contributed by atoms with Crippen LogP contribution in [-0.4, -0.2) is 60.8 Å². The van der Waals surface area contributed by atoms with E-state index in [2.05, 4.69) is 17.9 Å². The Morgan fingerprint density at radius 3 is 1.91 bits per heavy atom. The van der Waals surface area contributed by atoms with Gasteiger partial charge in [0.05, 0.1) is 6.61 Å². The molecule has 0 aromatic heterocycles. The average molecular weight is 444 g/mol. The van der Waals surface area contributed by atoms with Gasteiger partial charge in [-0.1, -0.05) is 49.6 Å². The van der Waals surface area contributed by atoms with Gasteiger partial charge >= 0.3 is 11.9 Å². The van der Waals surface area contributed by atoms with Gasteiger partial charge in [-0.25, -0.2) is 9.59 Å². The van der Waals surface area contributed by atoms with Crippen LogP contribution in [0.2, 0.25) is 0 Å². The molecule has 0 saturated carbocycles. The number of benzene rings is 2. The summed E-state index contributed by atoms with van der Waals surface area (Å²) in [5.41, 5.74) is 0. The fourth-order valence-corrected chi connectivity index (χ4v) is 1.86. The topological polar surface area (TPSA) is 115 Å². The Morgan fingerprint density at radius 2 is 1.47 bits per heavy atom. The molecule has 1 aliphatic heterocycles. The number of aliphatic hydroxyl groups is 1. The number of hydrogen-bond donors (Lipinski definition) is 2. The Morgan fingerprint density at radius 1 is 0.969 bits per heavy atom. The molecule has 1 heterocycles. The molecule has 0 aliphatic carbocycles. The van der Waals surface area contributed by atoms with E-state index in [-0.39, 0.29) is 13.2 Å². The van der Waals surface area contributed by atoms with Crippen LogP contribution < -0.4 is 9.47 Å². The van der Waals surface area contributed by atoms with Crippen LogP contribution in [0.4, 0.5) is 0 Å². The van der Waals surface area contributed by atoms with Crippen molar-refractivity contribution < 1.29 is 38.7 Å². The van der Waals surface area contributed by atoms with Crippen LogP contribution >= 0.6 is 0 Å². The molecule has 3 rings (SSSR count). The number of ether oxygens (including phenoxy) is 4. The molecule has 2 N–H and O–H groups in total. The van der Waals surface area contributed by atoms with Crippen molar-refractivity contribution >= 4 is 11.9 Å². The van der Waals surface area contributed by atoms with E-state index >= 15 is 0 Å². The number of carbonyl (C=O) groups is 2. The van der Waals surface area contributed by atoms with E-state index in [1.54, 1.807) is 12.1 Å². The number of para-hydroxylation sites is 2. The van der Waals surface area contributed by atoms with Crippen LogP contribution in [0.3, 0.4) is 0 Å². The van der Waals surface area contributed by atoms with Crippen LogP contribution in [-0.2, 0) is 19.1 Å². The first-order chi connectivity index (χ1) is 15.4. The molecule has 2 unspecified atom stereocenters. The lowest BCUT2D eigenvalue weighted by atomic mass is 10.3. The van der Waals surface area contributed by atoms with Crippen molar-refractivity contribution in [1.29, 1.82) is 0 Å². The Hall–Kier alpha value is -3.62. The summed E-state index contributed by atoms with van der Waals surface area (Å²) in [6.45, 7) is 7.72. The Kier molecular flexibility index (Phi) is 13.3. The zero-order valence-electron chi connectivity index (χ0n) is 17.7. The average Bonchev–Trinajstić information content (AvgIpc) is 3.66. The highest BCUT2D eigenvalue weighted by atomic mass is 16.6. The van der Waals surface area contributed by atoms with Crippen molar-refractivity contribution in [3.8, 4) is 11.5 Å². The molecule has 0 amide bonds. The highest BCUT2D eigenvalue weighted by Gasteiger charge is 2.22. The Labute approximate surface area is 187 Å². The van der Waals surface area contributed by atoms with Crippen LogP contribution in [0.15, 0.2) is 86.0 Å². The number of carboxylic acid groups (broad SMARTS) is 1. The van der Waals surface area contributed by atoms with Gasteiger partial charge in [-0.05, 0) is 24.3 Å². The SMILES string of the molecule is C=CC(=O)O.C=CC(=O)OCC(O)COc1ccccc1.c1ccc(OCC2CO2)cc1. The smallest absolute Gasteiger partial charge is 0.330 e. The fraction of sp³-hybridized carbons (Fsp3) is 0.250. The quantitative estimate of drug-likeness (QED) is 0.327. The van der Waals surface area contributed by atoms with Gasteiger partial charge in [-0.2, -0.15) is 0 Å². The summed E-state index contributed by atoms with van der Waals surface area (Å²) < 4.78 is 20.3. The summed E-state index contributed by atoms with van der Waals surface area (Å²) in [5.74, 6) is 0.0448. The van der Waals surface area contributed by atoms with E-state index in [1.807, 2.05) is 48.5 Å². The molecule has 1 fully saturated rings. The molecule has 2 atom stereocenters. The van der Waals surface area contributed by atoms with Crippen molar-refractivity contribution in [3.05, 3.63) is 86.0 Å². The molecule has 0 radical (unpaired) electrons. The summed E-state index contributed by atoms with van der Waals surface area (Å²) >= 11 is 0. The Balaban J connectivity index is 0.000000275. The second-order valence-corrected chi connectivity index (χ2v) is 6.23. The van der Waals surface area contributed by atoms with Gasteiger partial charge in [-0.15, -0.1) is 0 Å². The second kappa shape index (κ2) is 16.1. The maximum atomic E-state index is 10.7. The number of carboxylic acids is 1. The minimum atomic E-state index is -0.981. The molecular formula is C24H28O8. The zero-order valence-corrected chi connectivity index (χ0v) is 17.7. The zero-order chi connectivity index (χ0) is 23.6. The number of epoxide rings is 1. The van der Waals surface area contributed by atoms with E-state index in [4.69, 9.17) is 19.3 Å². The van der Waals surface area contributed by atoms with E-state index in [9.17, 15) is 14.7 Å². The lowest BCUT2D eigenvalue weighted by Gasteiger charge is -2.11. The summed E-state index contributed by atoms with van der Waals surface area (Å²) in [7, 11) is 0. The van der Waals surface area contributed by atoms with Crippen LogP contribution in [0, 0.1) is 0 Å². The molecule has 172 valence electrons. The van der Waals surface area contributed by atoms with Gasteiger partial charge in [0.15, 0.2) is 0 Å². The van der Waals surface area contributed by atoms with Crippen molar-refractivity contribution in [2.45, 2.75) is 12.2 Å². The first kappa shape index (κ1) is 26.4. The van der Waals surface area contributed by atoms with Gasteiger partial charge in [0.25, 0.3) is 0 Å². The molecule has 2 aromatic rings. The molecule has 0 bridgehead atoms. The molecular weight excluding hydrogens is 416 g/mol. The van der Waals surface area contributed by atoms with Crippen molar-refractivity contribution in [1.82, 2.24) is 0 Å². The van der Waals surface area contributed by atoms with E-state index in [0.29, 0.717) is 18.5 Å². The minimum absolute atomic E-state index is 0.0778. The predicted octanol–water partition coefficient (Wildman–Crippen LogP) is 2.88. The van der Waals surface area contributed by atoms with Gasteiger partial charge in [0.1, 0.15) is 43.5 Å². The number of aliphatic hydroxyl groups excluding tert-OH is 1. The third kappa shape index (κ3) is 14.4. The first-order valence-electron chi connectivity index (χ1n) is 9.74. The molecule has 0 spiro atoms. The fourth-order valence-electron chi connectivity index (χ4n) is 1.86. The van der Waals surface area contributed by atoms with Crippen molar-refractivity contribution in [2.24, 2.45) is 0 Å². The molecule has 2 aromatic carbocycles. The van der Waals surface area contributed by atoms with Gasteiger partial charge in [-0.3, -0.25) is 0 Å². The monoisotopic (exact) mass is 444 g/mol. The van der Waals surface area contributed by atoms with Crippen molar-refractivity contribution in [3.63, 3.8) is 0 Å². The third-order valence-electron chi connectivity index (χ3n) is 3.53. The highest BCUT2D eigenvalue weighted by Crippen LogP contribution is 2.13. The van der Waals surface area contributed by atoms with Crippen LogP contribution in [0.5, 0.6) is 11.5 Å². The minimum Gasteiger partial charge on any atom is -0.491 e. The van der Waals surface area contributed by atoms with Crippen LogP contribution in [0.25, 0.3) is 0 Å². The number of aliphatic carboxylic acids is 1. The maximum Gasteiger partial charge on any atom is 0.330 e. The number of esters is 1. The summed E-state index contributed by atoms with van der Waals surface area (Å²) in [6, 6.07) is 18.9. The van der Waals surface area contributed by atoms with E-state index in [0.717, 1.165) is 24.5 Å². The second-order valence-electron chi connectivity index (χ2n) is 6.23. The number of hydrogen-bond acceptors (Lipinski definition) is 7. The maximum absolute atomic E-state index is 10.7. The summed E-state index contributed by atoms with van der Waals surface area (Å²) in [6.07, 6.45) is 1.38.